The Kier molecular flexibility index (Phi) is 49.8. The molecule has 132 heavy (non-hydrogen) atoms. The van der Waals surface area contributed by atoms with Crippen LogP contribution in [0.2, 0.25) is 0 Å². The molecule has 0 heterocycles. The molecule has 16 aromatic carbocycles. The number of hydrogen-bond acceptors (Lipinski definition) is 12. The van der Waals surface area contributed by atoms with Crippen molar-refractivity contribution < 1.29 is 197 Å². The molecule has 0 amide bonds. The van der Waals surface area contributed by atoms with Crippen LogP contribution in [0.5, 0.6) is 0 Å². The Hall–Kier alpha value is -5.85. The second-order valence-corrected chi connectivity index (χ2v) is 51.5. The van der Waals surface area contributed by atoms with Crippen LogP contribution in [0.25, 0.3) is 11.1 Å². The van der Waals surface area contributed by atoms with Gasteiger partial charge < -0.3 is 18.2 Å². The minimum Gasteiger partial charge on any atom is 1.00 e. The van der Waals surface area contributed by atoms with Gasteiger partial charge in [-0.2, -0.15) is 0 Å². The molecule has 0 bridgehead atoms. The fraction of sp³-hybridized carbons (Fsp3) is 0. The van der Waals surface area contributed by atoms with Crippen molar-refractivity contribution in [2.45, 2.75) is 19.6 Å². The Balaban J connectivity index is 0.000000216. The van der Waals surface area contributed by atoms with Crippen LogP contribution < -0.4 is 182 Å². The van der Waals surface area contributed by atoms with E-state index in [0.29, 0.717) is 21.2 Å². The van der Waals surface area contributed by atoms with Gasteiger partial charge in [-0.1, -0.05) is 315 Å². The van der Waals surface area contributed by atoms with Gasteiger partial charge in [-0.3, -0.25) is 0 Å². The minimum absolute atomic E-state index is 0. The quantitative estimate of drug-likeness (QED) is 0.0340. The van der Waals surface area contributed by atoms with Crippen molar-refractivity contribution in [2.24, 2.45) is 0 Å². The van der Waals surface area contributed by atoms with Gasteiger partial charge in [0.1, 0.15) is 40.5 Å². The summed E-state index contributed by atoms with van der Waals surface area (Å²) < 4.78 is 146. The average Bonchev–Trinajstić information content (AvgIpc) is 0.795. The van der Waals surface area contributed by atoms with Crippen LogP contribution in [-0.4, -0.2) is 60.4 Å². The van der Waals surface area contributed by atoms with E-state index in [1.807, 2.05) is 364 Å². The minimum atomic E-state index is -4.53. The van der Waals surface area contributed by atoms with Crippen LogP contribution in [0.1, 0.15) is 22.3 Å². The van der Waals surface area contributed by atoms with Gasteiger partial charge in [-0.05, 0) is 98.4 Å². The third-order valence-corrected chi connectivity index (χ3v) is 35.2. The molecule has 0 saturated carbocycles. The molecule has 0 atom stereocenters. The molecule has 30 heteroatoms. The van der Waals surface area contributed by atoms with Crippen molar-refractivity contribution >= 4 is 194 Å². The molecule has 0 unspecified atom stereocenters. The predicted octanol–water partition coefficient (Wildman–Crippen LogP) is 6.61. The van der Waals surface area contributed by atoms with E-state index in [0.717, 1.165) is 75.8 Å². The summed E-state index contributed by atoms with van der Waals surface area (Å²) in [6.07, 6.45) is 0. The average molecular weight is 2180 g/mol. The Morgan fingerprint density at radius 1 is 0.197 bits per heavy atom. The molecule has 16 aromatic rings. The van der Waals surface area contributed by atoms with Crippen LogP contribution in [0.3, 0.4) is 0 Å². The topological polar surface area (TPSA) is 229 Å². The van der Waals surface area contributed by atoms with Crippen LogP contribution >= 0.6 is 70.5 Å². The maximum absolute atomic E-state index is 11.7. The van der Waals surface area contributed by atoms with Gasteiger partial charge in [-0.15, -0.1) is 0 Å². The normalized spacial score (nSPS) is 10.8. The summed E-state index contributed by atoms with van der Waals surface area (Å²) in [7, 11) is 0.720. The molecule has 0 N–H and O–H groups in total. The molecule has 0 aliphatic heterocycles. The van der Waals surface area contributed by atoms with E-state index >= 15 is 0 Å². The van der Waals surface area contributed by atoms with E-state index in [1.165, 1.54) is 24.3 Å². The summed E-state index contributed by atoms with van der Waals surface area (Å²) in [6.45, 7) is 0. The first-order valence-corrected chi connectivity index (χ1v) is 60.3. The zero-order chi connectivity index (χ0) is 90.7. The van der Waals surface area contributed by atoms with E-state index in [1.54, 1.807) is 72.8 Å². The zero-order valence-electron chi connectivity index (χ0n) is 71.4. The Morgan fingerprint density at radius 3 is 0.447 bits per heavy atom. The fourth-order valence-corrected chi connectivity index (χ4v) is 28.5. The number of halogens is 4. The molecule has 0 fully saturated rings. The van der Waals surface area contributed by atoms with E-state index in [9.17, 15) is 51.9 Å². The summed E-state index contributed by atoms with van der Waals surface area (Å²) >= 11 is -3.90. The fourth-order valence-electron chi connectivity index (χ4n) is 12.9. The predicted molar refractivity (Wildman–Crippen MR) is 524 cm³/mol. The molecule has 0 spiro atoms. The van der Waals surface area contributed by atoms with E-state index in [4.69, 9.17) is 38.8 Å². The van der Waals surface area contributed by atoms with Crippen molar-refractivity contribution in [1.82, 2.24) is 0 Å². The van der Waals surface area contributed by atoms with Gasteiger partial charge in [0.15, 0.2) is 0 Å². The zero-order valence-corrected chi connectivity index (χ0v) is 92.8. The van der Waals surface area contributed by atoms with Gasteiger partial charge in [0.05, 0.1) is 19.6 Å². The number of hydrogen-bond donors (Lipinski definition) is 0. The number of benzene rings is 16. The summed E-state index contributed by atoms with van der Waals surface area (Å²) in [5, 5.41) is 10.3. The van der Waals surface area contributed by atoms with Crippen molar-refractivity contribution in [1.29, 1.82) is 0 Å². The molecule has 12 nitrogen and oxygen atoms in total. The van der Waals surface area contributed by atoms with Gasteiger partial charge >= 0.3 is 359 Å². The van der Waals surface area contributed by atoms with Crippen molar-refractivity contribution in [2.75, 3.05) is 0 Å². The third-order valence-electron chi connectivity index (χ3n) is 18.3. The Labute approximate surface area is 893 Å². The van der Waals surface area contributed by atoms with Crippen LogP contribution in [0.15, 0.2) is 492 Å². The molecule has 0 aliphatic carbocycles. The molecule has 0 saturated heterocycles. The molecule has 0 aromatic heterocycles. The summed E-state index contributed by atoms with van der Waals surface area (Å²) in [6, 6.07) is 144. The maximum Gasteiger partial charge on any atom is 1.00 e. The largest absolute Gasteiger partial charge is 1.00 e. The maximum atomic E-state index is 11.7. The van der Waals surface area contributed by atoms with Crippen molar-refractivity contribution in [3.05, 3.63) is 495 Å². The third kappa shape index (κ3) is 34.9. The first kappa shape index (κ1) is 113. The van der Waals surface area contributed by atoms with E-state index < -0.39 is 99.2 Å². The molecular formula is C102H76Cl4Na4O12P4Ru2S4. The molecular weight excluding hydrogens is 2110 g/mol. The summed E-state index contributed by atoms with van der Waals surface area (Å²) in [4.78, 5) is -0.560. The SMILES string of the molecule is O=S(=O)([O-])c1ccccc1P(c1ccccc1)c1ccccc1.O=S(=O)([O-])c1ccccc1P(c1ccccc1)c1ccccc1.O=S(=O)([O-])c1ccccc1P(c1ccccc1)c1ccccc1.O=S(=O)([O-])c1ccccc1P(c1ccccc1)c1ccccc1.[Cl][Ru]([Cl])=[C]=C=C(c1ccccc1)c1ccccc1.[Cl][Ru]([Cl])=[C]=C=C(c1ccccc1)c1ccccc1.[Na+].[Na+].[Na+].[Na+]. The molecule has 0 aliphatic rings. The van der Waals surface area contributed by atoms with Gasteiger partial charge in [0.25, 0.3) is 0 Å². The Bertz CT molecular complexity index is 6070. The Morgan fingerprint density at radius 2 is 0.318 bits per heavy atom. The van der Waals surface area contributed by atoms with E-state index in [2.05, 4.69) is 20.0 Å². The van der Waals surface area contributed by atoms with Crippen molar-refractivity contribution in [3.63, 3.8) is 0 Å². The summed E-state index contributed by atoms with van der Waals surface area (Å²) in [5.74, 6) is 0. The first-order chi connectivity index (χ1) is 61.8. The van der Waals surface area contributed by atoms with Gasteiger partial charge in [0.2, 0.25) is 0 Å². The smallest absolute Gasteiger partial charge is 1.00 e. The van der Waals surface area contributed by atoms with Crippen LogP contribution in [-0.2, 0) is 67.5 Å². The van der Waals surface area contributed by atoms with Crippen LogP contribution in [0.4, 0.5) is 0 Å². The molecule has 16 rings (SSSR count). The van der Waals surface area contributed by atoms with Crippen LogP contribution in [0, 0.1) is 0 Å². The van der Waals surface area contributed by atoms with Gasteiger partial charge in [0, 0.05) is 21.2 Å². The monoisotopic (exact) mass is 2180 g/mol. The standard InChI is InChI=1S/4C18H15O3PS.2C15H10.4ClH.4Na.2Ru/c4*19-23(20,21)18-14-8-7-13-17(18)22(15-9-3-1-4-10-15)16-11-5-2-6-12-16;2*1-2-15(13-9-5-3-6-10-13)14-11-7-4-8-12-14;;;;;;;;;;/h4*1-14H,(H,19,20,21);2*3-12H;4*1H;;;;;;/q;;;;;;;;;;4*+1;2*+2/p-8. The summed E-state index contributed by atoms with van der Waals surface area (Å²) in [5.41, 5.74) is 12.5. The number of rotatable bonds is 20. The first-order valence-electron chi connectivity index (χ1n) is 38.6. The molecule has 0 radical (unpaired) electrons. The van der Waals surface area contributed by atoms with Crippen molar-refractivity contribution in [3.8, 4) is 0 Å². The molecule has 648 valence electrons. The second kappa shape index (κ2) is 58.1. The van der Waals surface area contributed by atoms with Gasteiger partial charge in [-0.25, -0.2) is 33.7 Å². The second-order valence-electron chi connectivity index (χ2n) is 26.7. The van der Waals surface area contributed by atoms with E-state index in [-0.39, 0.29) is 138 Å².